The Morgan fingerprint density at radius 2 is 2.20 bits per heavy atom. The fourth-order valence-electron chi connectivity index (χ4n) is 1.79. The van der Waals surface area contributed by atoms with Gasteiger partial charge in [-0.2, -0.15) is 0 Å². The highest BCUT2D eigenvalue weighted by Crippen LogP contribution is 2.49. The number of hydrogen-bond acceptors (Lipinski definition) is 2. The number of ether oxygens (including phenoxy) is 1. The summed E-state index contributed by atoms with van der Waals surface area (Å²) in [6.07, 6.45) is 6.69. The van der Waals surface area contributed by atoms with Crippen LogP contribution >= 0.6 is 0 Å². The van der Waals surface area contributed by atoms with Gasteiger partial charge in [-0.25, -0.2) is 0 Å². The first-order valence-electron chi connectivity index (χ1n) is 4.23. The highest BCUT2D eigenvalue weighted by atomic mass is 16.5. The fourth-order valence-corrected chi connectivity index (χ4v) is 1.79. The average molecular weight is 141 g/mol. The van der Waals surface area contributed by atoms with Crippen molar-refractivity contribution in [3.8, 4) is 0 Å². The van der Waals surface area contributed by atoms with Crippen molar-refractivity contribution in [1.82, 2.24) is 0 Å². The van der Waals surface area contributed by atoms with Crippen molar-refractivity contribution in [3.05, 3.63) is 0 Å². The lowest BCUT2D eigenvalue weighted by Gasteiger charge is -2.10. The summed E-state index contributed by atoms with van der Waals surface area (Å²) < 4.78 is 5.82. The normalized spacial score (nSPS) is 35.1. The molecule has 10 heavy (non-hydrogen) atoms. The van der Waals surface area contributed by atoms with Gasteiger partial charge in [-0.3, -0.25) is 0 Å². The monoisotopic (exact) mass is 141 g/mol. The molecule has 0 radical (unpaired) electrons. The lowest BCUT2D eigenvalue weighted by molar-refractivity contribution is 0.0254. The van der Waals surface area contributed by atoms with Gasteiger partial charge in [-0.1, -0.05) is 0 Å². The van der Waals surface area contributed by atoms with Crippen LogP contribution in [0.3, 0.4) is 0 Å². The summed E-state index contributed by atoms with van der Waals surface area (Å²) in [5, 5.41) is 0. The van der Waals surface area contributed by atoms with Crippen LogP contribution in [0.4, 0.5) is 0 Å². The molecule has 1 heterocycles. The predicted octanol–water partition coefficient (Wildman–Crippen LogP) is 1.05. The number of hydrogen-bond donors (Lipinski definition) is 1. The minimum Gasteiger partial charge on any atom is -0.372 e. The van der Waals surface area contributed by atoms with Gasteiger partial charge in [-0.05, 0) is 38.6 Å². The molecule has 1 spiro atoms. The lowest BCUT2D eigenvalue weighted by Crippen LogP contribution is -2.15. The molecule has 2 heteroatoms. The van der Waals surface area contributed by atoms with Crippen molar-refractivity contribution in [2.75, 3.05) is 6.54 Å². The molecule has 0 aromatic heterocycles. The third kappa shape index (κ3) is 1.06. The van der Waals surface area contributed by atoms with Gasteiger partial charge in [0.1, 0.15) is 0 Å². The van der Waals surface area contributed by atoms with Gasteiger partial charge in [0.15, 0.2) is 0 Å². The van der Waals surface area contributed by atoms with E-state index >= 15 is 0 Å². The molecular formula is C8H15NO. The maximum Gasteiger partial charge on any atom is 0.0689 e. The zero-order valence-corrected chi connectivity index (χ0v) is 6.31. The molecule has 1 saturated heterocycles. The predicted molar refractivity (Wildman–Crippen MR) is 39.7 cm³/mol. The topological polar surface area (TPSA) is 35.2 Å². The van der Waals surface area contributed by atoms with E-state index in [9.17, 15) is 0 Å². The Morgan fingerprint density at radius 1 is 1.40 bits per heavy atom. The summed E-state index contributed by atoms with van der Waals surface area (Å²) in [7, 11) is 0. The van der Waals surface area contributed by atoms with Crippen LogP contribution in [0.25, 0.3) is 0 Å². The van der Waals surface area contributed by atoms with Crippen LogP contribution in [-0.4, -0.2) is 18.2 Å². The molecule has 2 fully saturated rings. The molecule has 1 unspecified atom stereocenters. The van der Waals surface area contributed by atoms with E-state index in [4.69, 9.17) is 10.5 Å². The molecule has 0 amide bonds. The van der Waals surface area contributed by atoms with Crippen LogP contribution in [0.15, 0.2) is 0 Å². The summed E-state index contributed by atoms with van der Waals surface area (Å²) in [6.45, 7) is 0.779. The Bertz CT molecular complexity index is 131. The Hall–Kier alpha value is -0.0800. The summed E-state index contributed by atoms with van der Waals surface area (Å²) in [4.78, 5) is 0. The Labute approximate surface area is 61.7 Å². The summed E-state index contributed by atoms with van der Waals surface area (Å²) in [5.74, 6) is 0. The fraction of sp³-hybridized carbons (Fsp3) is 1.00. The molecule has 0 aromatic rings. The van der Waals surface area contributed by atoms with Crippen molar-refractivity contribution < 1.29 is 4.74 Å². The first-order valence-corrected chi connectivity index (χ1v) is 4.23. The highest BCUT2D eigenvalue weighted by Gasteiger charge is 2.49. The highest BCUT2D eigenvalue weighted by molar-refractivity contribution is 5.00. The standard InChI is InChI=1S/C8H15NO/c9-6-2-7-1-3-8(10-7)4-5-8/h7H,1-6,9H2. The van der Waals surface area contributed by atoms with Gasteiger partial charge in [0.25, 0.3) is 0 Å². The van der Waals surface area contributed by atoms with Crippen LogP contribution in [0.5, 0.6) is 0 Å². The van der Waals surface area contributed by atoms with Crippen LogP contribution in [0, 0.1) is 0 Å². The van der Waals surface area contributed by atoms with Crippen molar-refractivity contribution >= 4 is 0 Å². The lowest BCUT2D eigenvalue weighted by atomic mass is 10.1. The van der Waals surface area contributed by atoms with Gasteiger partial charge in [0, 0.05) is 0 Å². The molecule has 1 aliphatic heterocycles. The molecule has 1 atom stereocenters. The summed E-state index contributed by atoms with van der Waals surface area (Å²) in [5.41, 5.74) is 5.80. The molecular weight excluding hydrogens is 126 g/mol. The van der Waals surface area contributed by atoms with Gasteiger partial charge in [0.2, 0.25) is 0 Å². The molecule has 58 valence electrons. The van der Waals surface area contributed by atoms with E-state index < -0.39 is 0 Å². The van der Waals surface area contributed by atoms with E-state index in [1.165, 1.54) is 25.7 Å². The molecule has 0 aromatic carbocycles. The van der Waals surface area contributed by atoms with E-state index in [0.717, 1.165) is 13.0 Å². The molecule has 2 N–H and O–H groups in total. The van der Waals surface area contributed by atoms with Crippen LogP contribution < -0.4 is 5.73 Å². The summed E-state index contributed by atoms with van der Waals surface area (Å²) >= 11 is 0. The van der Waals surface area contributed by atoms with Gasteiger partial charge in [-0.15, -0.1) is 0 Å². The van der Waals surface area contributed by atoms with Gasteiger partial charge < -0.3 is 10.5 Å². The maximum atomic E-state index is 5.82. The molecule has 1 saturated carbocycles. The molecule has 1 aliphatic carbocycles. The average Bonchev–Trinajstić information content (AvgIpc) is 2.52. The Morgan fingerprint density at radius 3 is 2.70 bits per heavy atom. The second-order valence-electron chi connectivity index (χ2n) is 3.54. The minimum atomic E-state index is 0.361. The smallest absolute Gasteiger partial charge is 0.0689 e. The molecule has 2 nitrogen and oxygen atoms in total. The third-order valence-corrected chi connectivity index (χ3v) is 2.63. The van der Waals surface area contributed by atoms with E-state index in [0.29, 0.717) is 11.7 Å². The van der Waals surface area contributed by atoms with Crippen LogP contribution in [-0.2, 0) is 4.74 Å². The van der Waals surface area contributed by atoms with E-state index in [1.54, 1.807) is 0 Å². The quantitative estimate of drug-likeness (QED) is 0.623. The van der Waals surface area contributed by atoms with Crippen molar-refractivity contribution in [2.45, 2.75) is 43.8 Å². The molecule has 2 rings (SSSR count). The second kappa shape index (κ2) is 2.21. The SMILES string of the molecule is NCCC1CCC2(CC2)O1. The second-order valence-corrected chi connectivity index (χ2v) is 3.54. The number of nitrogens with two attached hydrogens (primary N) is 1. The van der Waals surface area contributed by atoms with E-state index in [1.807, 2.05) is 0 Å². The molecule has 0 bridgehead atoms. The van der Waals surface area contributed by atoms with Crippen molar-refractivity contribution in [3.63, 3.8) is 0 Å². The summed E-state index contributed by atoms with van der Waals surface area (Å²) in [6, 6.07) is 0. The van der Waals surface area contributed by atoms with Crippen LogP contribution in [0.2, 0.25) is 0 Å². The van der Waals surface area contributed by atoms with Crippen LogP contribution in [0.1, 0.15) is 32.1 Å². The zero-order valence-electron chi connectivity index (χ0n) is 6.31. The Balaban J connectivity index is 1.82. The largest absolute Gasteiger partial charge is 0.372 e. The van der Waals surface area contributed by atoms with Crippen molar-refractivity contribution in [1.29, 1.82) is 0 Å². The van der Waals surface area contributed by atoms with Crippen molar-refractivity contribution in [2.24, 2.45) is 5.73 Å². The van der Waals surface area contributed by atoms with Gasteiger partial charge in [0.05, 0.1) is 11.7 Å². The van der Waals surface area contributed by atoms with E-state index in [2.05, 4.69) is 0 Å². The first-order chi connectivity index (χ1) is 4.85. The number of rotatable bonds is 2. The van der Waals surface area contributed by atoms with Gasteiger partial charge >= 0.3 is 0 Å². The zero-order chi connectivity index (χ0) is 7.03. The first kappa shape index (κ1) is 6.62. The van der Waals surface area contributed by atoms with E-state index in [-0.39, 0.29) is 0 Å². The molecule has 2 aliphatic rings. The third-order valence-electron chi connectivity index (χ3n) is 2.63. The minimum absolute atomic E-state index is 0.361. The maximum absolute atomic E-state index is 5.82. The Kier molecular flexibility index (Phi) is 1.46.